The lowest BCUT2D eigenvalue weighted by Crippen LogP contribution is -2.40. The molecule has 1 amide bonds. The number of oxazole rings is 1. The highest BCUT2D eigenvalue weighted by molar-refractivity contribution is 5.79. The number of carbonyl (C=O) groups is 2. The zero-order chi connectivity index (χ0) is 27.2. The molecule has 0 bridgehead atoms. The Labute approximate surface area is 217 Å². The summed E-state index contributed by atoms with van der Waals surface area (Å²) in [6.07, 6.45) is 0. The number of nitrogens with two attached hydrogens (primary N) is 1. The van der Waals surface area contributed by atoms with Crippen molar-refractivity contribution in [3.63, 3.8) is 0 Å². The van der Waals surface area contributed by atoms with E-state index < -0.39 is 11.6 Å². The smallest absolute Gasteiger partial charge is 0.349 e. The van der Waals surface area contributed by atoms with Crippen molar-refractivity contribution in [1.29, 1.82) is 0 Å². The quantitative estimate of drug-likeness (QED) is 0.173. The minimum Gasteiger partial charge on any atom is -0.476 e. The third-order valence-electron chi connectivity index (χ3n) is 5.87. The second kappa shape index (κ2) is 12.0. The van der Waals surface area contributed by atoms with Crippen molar-refractivity contribution >= 4 is 11.9 Å². The van der Waals surface area contributed by atoms with Crippen molar-refractivity contribution in [2.75, 3.05) is 13.2 Å². The SMILES string of the molecule is CCOC(=O)C(C)(C)Oc1c(C)cc(CN(CC(=O)NN)Cc2nc(-c3ccccc3)oc2C)cc1C. The van der Waals surface area contributed by atoms with E-state index in [4.69, 9.17) is 19.7 Å². The second-order valence-electron chi connectivity index (χ2n) is 9.49. The van der Waals surface area contributed by atoms with Gasteiger partial charge in [0, 0.05) is 18.7 Å². The molecule has 3 rings (SSSR count). The molecule has 9 nitrogen and oxygen atoms in total. The Kier molecular flexibility index (Phi) is 9.07. The van der Waals surface area contributed by atoms with Gasteiger partial charge in [-0.05, 0) is 70.4 Å². The van der Waals surface area contributed by atoms with Crippen molar-refractivity contribution in [1.82, 2.24) is 15.3 Å². The van der Waals surface area contributed by atoms with Crippen molar-refractivity contribution in [2.24, 2.45) is 5.84 Å². The van der Waals surface area contributed by atoms with E-state index in [1.54, 1.807) is 20.8 Å². The molecule has 0 aliphatic rings. The first-order chi connectivity index (χ1) is 17.5. The molecule has 9 heteroatoms. The van der Waals surface area contributed by atoms with Gasteiger partial charge in [0.1, 0.15) is 11.5 Å². The number of esters is 1. The second-order valence-corrected chi connectivity index (χ2v) is 9.49. The topological polar surface area (TPSA) is 120 Å². The number of hydrogen-bond acceptors (Lipinski definition) is 8. The summed E-state index contributed by atoms with van der Waals surface area (Å²) in [5.74, 6) is 6.50. The minimum atomic E-state index is -1.13. The molecule has 0 unspecified atom stereocenters. The van der Waals surface area contributed by atoms with Crippen molar-refractivity contribution in [3.8, 4) is 17.2 Å². The lowest BCUT2D eigenvalue weighted by molar-refractivity contribution is -0.158. The first kappa shape index (κ1) is 27.9. The first-order valence-electron chi connectivity index (χ1n) is 12.2. The molecular formula is C28H36N4O5. The fourth-order valence-corrected chi connectivity index (χ4v) is 4.06. The number of carbonyl (C=O) groups excluding carboxylic acids is 2. The summed E-state index contributed by atoms with van der Waals surface area (Å²) in [5.41, 5.74) is 5.43. The van der Waals surface area contributed by atoms with Gasteiger partial charge < -0.3 is 13.9 Å². The molecule has 37 heavy (non-hydrogen) atoms. The van der Waals surface area contributed by atoms with Crippen LogP contribution in [0.5, 0.6) is 5.75 Å². The van der Waals surface area contributed by atoms with Crippen LogP contribution in [0.1, 0.15) is 48.9 Å². The van der Waals surface area contributed by atoms with Crippen LogP contribution in [0.25, 0.3) is 11.5 Å². The average molecular weight is 509 g/mol. The lowest BCUT2D eigenvalue weighted by atomic mass is 10.0. The third kappa shape index (κ3) is 7.18. The maximum absolute atomic E-state index is 12.3. The van der Waals surface area contributed by atoms with E-state index in [1.807, 2.05) is 68.1 Å². The van der Waals surface area contributed by atoms with Crippen LogP contribution in [0.15, 0.2) is 46.9 Å². The molecule has 0 aliphatic carbocycles. The molecule has 0 aliphatic heterocycles. The predicted molar refractivity (Wildman–Crippen MR) is 140 cm³/mol. The Hall–Kier alpha value is -3.69. The summed E-state index contributed by atoms with van der Waals surface area (Å²) in [7, 11) is 0. The summed E-state index contributed by atoms with van der Waals surface area (Å²) in [6.45, 7) is 12.1. The van der Waals surface area contributed by atoms with Gasteiger partial charge in [0.25, 0.3) is 0 Å². The van der Waals surface area contributed by atoms with Gasteiger partial charge in [-0.15, -0.1) is 0 Å². The Morgan fingerprint density at radius 2 is 1.73 bits per heavy atom. The fourth-order valence-electron chi connectivity index (χ4n) is 4.06. The number of amides is 1. The van der Waals surface area contributed by atoms with Gasteiger partial charge in [-0.1, -0.05) is 30.3 Å². The lowest BCUT2D eigenvalue weighted by Gasteiger charge is -2.27. The highest BCUT2D eigenvalue weighted by atomic mass is 16.6. The van der Waals surface area contributed by atoms with Gasteiger partial charge in [0.15, 0.2) is 5.60 Å². The molecule has 1 aromatic heterocycles. The van der Waals surface area contributed by atoms with Crippen LogP contribution in [0.2, 0.25) is 0 Å². The highest BCUT2D eigenvalue weighted by Gasteiger charge is 2.32. The van der Waals surface area contributed by atoms with E-state index in [2.05, 4.69) is 10.4 Å². The Morgan fingerprint density at radius 1 is 1.08 bits per heavy atom. The van der Waals surface area contributed by atoms with E-state index in [1.165, 1.54) is 0 Å². The summed E-state index contributed by atoms with van der Waals surface area (Å²) in [4.78, 5) is 31.1. The number of benzene rings is 2. The minimum absolute atomic E-state index is 0.0791. The molecule has 0 saturated carbocycles. The molecule has 3 N–H and O–H groups in total. The van der Waals surface area contributed by atoms with Gasteiger partial charge in [-0.2, -0.15) is 0 Å². The van der Waals surface area contributed by atoms with Crippen LogP contribution in [0.4, 0.5) is 0 Å². The largest absolute Gasteiger partial charge is 0.476 e. The Bertz CT molecular complexity index is 1210. The molecule has 0 fully saturated rings. The molecule has 0 spiro atoms. The zero-order valence-corrected chi connectivity index (χ0v) is 22.4. The Balaban J connectivity index is 1.83. The number of hydrazine groups is 1. The standard InChI is InChI=1S/C28H36N4O5/c1-7-35-27(34)28(5,6)37-25-18(2)13-21(14-19(25)3)15-32(17-24(33)31-29)16-23-20(4)36-26(30-23)22-11-9-8-10-12-22/h8-14H,7,15-17,29H2,1-6H3,(H,31,33). The van der Waals surface area contributed by atoms with Crippen LogP contribution in [-0.4, -0.2) is 40.5 Å². The monoisotopic (exact) mass is 508 g/mol. The van der Waals surface area contributed by atoms with Crippen molar-refractivity contribution in [2.45, 2.75) is 60.2 Å². The van der Waals surface area contributed by atoms with Crippen LogP contribution in [-0.2, 0) is 27.4 Å². The molecule has 0 saturated heterocycles. The number of nitrogens with zero attached hydrogens (tertiary/aromatic N) is 2. The van der Waals surface area contributed by atoms with E-state index in [0.29, 0.717) is 30.5 Å². The van der Waals surface area contributed by atoms with Gasteiger partial charge >= 0.3 is 5.97 Å². The van der Waals surface area contributed by atoms with E-state index in [-0.39, 0.29) is 19.1 Å². The maximum Gasteiger partial charge on any atom is 0.349 e. The third-order valence-corrected chi connectivity index (χ3v) is 5.87. The Morgan fingerprint density at radius 3 is 2.32 bits per heavy atom. The van der Waals surface area contributed by atoms with Crippen LogP contribution >= 0.6 is 0 Å². The van der Waals surface area contributed by atoms with Gasteiger partial charge in [-0.3, -0.25) is 15.1 Å². The van der Waals surface area contributed by atoms with E-state index >= 15 is 0 Å². The number of aromatic nitrogens is 1. The number of hydrogen-bond donors (Lipinski definition) is 2. The van der Waals surface area contributed by atoms with Gasteiger partial charge in [0.05, 0.1) is 18.8 Å². The van der Waals surface area contributed by atoms with Gasteiger partial charge in [-0.25, -0.2) is 15.6 Å². The van der Waals surface area contributed by atoms with Crippen LogP contribution in [0.3, 0.4) is 0 Å². The molecule has 3 aromatic rings. The first-order valence-corrected chi connectivity index (χ1v) is 12.2. The molecule has 1 heterocycles. The highest BCUT2D eigenvalue weighted by Crippen LogP contribution is 2.30. The average Bonchev–Trinajstić information content (AvgIpc) is 3.22. The van der Waals surface area contributed by atoms with Crippen LogP contribution in [0, 0.1) is 20.8 Å². The predicted octanol–water partition coefficient (Wildman–Crippen LogP) is 3.98. The van der Waals surface area contributed by atoms with Crippen LogP contribution < -0.4 is 16.0 Å². The maximum atomic E-state index is 12.3. The summed E-state index contributed by atoms with van der Waals surface area (Å²) < 4.78 is 17.1. The summed E-state index contributed by atoms with van der Waals surface area (Å²) in [5, 5.41) is 0. The zero-order valence-electron chi connectivity index (χ0n) is 22.4. The normalized spacial score (nSPS) is 11.5. The molecular weight excluding hydrogens is 472 g/mol. The van der Waals surface area contributed by atoms with E-state index in [0.717, 1.165) is 27.9 Å². The van der Waals surface area contributed by atoms with E-state index in [9.17, 15) is 9.59 Å². The number of ether oxygens (including phenoxy) is 2. The molecule has 0 radical (unpaired) electrons. The van der Waals surface area contributed by atoms with Crippen molar-refractivity contribution < 1.29 is 23.5 Å². The number of aryl methyl sites for hydroxylation is 3. The van der Waals surface area contributed by atoms with Gasteiger partial charge in [0.2, 0.25) is 11.8 Å². The summed E-state index contributed by atoms with van der Waals surface area (Å²) >= 11 is 0. The van der Waals surface area contributed by atoms with Crippen molar-refractivity contribution in [3.05, 3.63) is 70.6 Å². The number of rotatable bonds is 11. The summed E-state index contributed by atoms with van der Waals surface area (Å²) in [6, 6.07) is 13.6. The fraction of sp³-hybridized carbons (Fsp3) is 0.393. The number of nitrogens with one attached hydrogen (secondary N) is 1. The molecule has 2 aromatic carbocycles. The molecule has 198 valence electrons. The molecule has 0 atom stereocenters.